The van der Waals surface area contributed by atoms with Gasteiger partial charge in [-0.05, 0) is 68.9 Å². The zero-order valence-electron chi connectivity index (χ0n) is 22.1. The molecule has 1 aliphatic heterocycles. The number of nitrogens with zero attached hydrogens (tertiary/aromatic N) is 4. The fourth-order valence-corrected chi connectivity index (χ4v) is 5.35. The van der Waals surface area contributed by atoms with Crippen LogP contribution in [0.5, 0.6) is 11.8 Å². The fraction of sp³-hybridized carbons (Fsp3) is 0.379. The van der Waals surface area contributed by atoms with E-state index in [4.69, 9.17) is 21.3 Å². The second-order valence-electron chi connectivity index (χ2n) is 10.3. The van der Waals surface area contributed by atoms with Gasteiger partial charge in [0.25, 0.3) is 0 Å². The molecule has 0 amide bonds. The van der Waals surface area contributed by atoms with E-state index in [1.807, 2.05) is 38.4 Å². The average Bonchev–Trinajstić information content (AvgIpc) is 2.88. The van der Waals surface area contributed by atoms with E-state index in [0.717, 1.165) is 30.3 Å². The van der Waals surface area contributed by atoms with Crippen molar-refractivity contribution >= 4 is 39.1 Å². The molecule has 1 fully saturated rings. The zero-order valence-corrected chi connectivity index (χ0v) is 22.9. The first-order chi connectivity index (χ1) is 18.2. The quantitative estimate of drug-likeness (QED) is 0.303. The number of fused-ring (bicyclic) bond motifs is 2. The SMILES string of the molecule is C[C@@H]1CN(c2nc(OCCCN(C)C)nc3c(F)c(-c4cc(O)cc5ccccc45)c(Cl)cc23)[C@@H](C)CN1. The first-order valence-electron chi connectivity index (χ1n) is 12.9. The monoisotopic (exact) mass is 537 g/mol. The number of anilines is 1. The number of ether oxygens (including phenoxy) is 1. The summed E-state index contributed by atoms with van der Waals surface area (Å²) < 4.78 is 22.5. The fourth-order valence-electron chi connectivity index (χ4n) is 5.05. The van der Waals surface area contributed by atoms with Gasteiger partial charge in [0.05, 0.1) is 11.6 Å². The van der Waals surface area contributed by atoms with Gasteiger partial charge in [-0.2, -0.15) is 9.97 Å². The molecule has 1 aliphatic rings. The molecule has 0 aliphatic carbocycles. The van der Waals surface area contributed by atoms with Crippen LogP contribution in [0.2, 0.25) is 5.02 Å². The highest BCUT2D eigenvalue weighted by atomic mass is 35.5. The Labute approximate surface area is 227 Å². The normalized spacial score (nSPS) is 18.0. The van der Waals surface area contributed by atoms with E-state index in [1.54, 1.807) is 18.2 Å². The van der Waals surface area contributed by atoms with Crippen molar-refractivity contribution in [3.8, 4) is 22.9 Å². The van der Waals surface area contributed by atoms with Gasteiger partial charge in [-0.15, -0.1) is 0 Å². The number of piperazine rings is 1. The Bertz CT molecular complexity index is 1480. The van der Waals surface area contributed by atoms with E-state index in [-0.39, 0.29) is 39.9 Å². The Balaban J connectivity index is 1.70. The van der Waals surface area contributed by atoms with E-state index < -0.39 is 5.82 Å². The van der Waals surface area contributed by atoms with Crippen molar-refractivity contribution in [1.29, 1.82) is 0 Å². The molecule has 5 rings (SSSR count). The standard InChI is InChI=1S/C29H33ClFN5O2/c1-17-16-36(18(2)15-32-17)28-23-14-24(30)25(22-13-20(37)12-19-8-5-6-9-21(19)22)26(31)27(23)33-29(34-28)38-11-7-10-35(3)4/h5-6,8-9,12-14,17-18,32,37H,7,10-11,15-16H2,1-4H3/t17-,18+/m1/s1. The molecule has 38 heavy (non-hydrogen) atoms. The molecule has 0 unspecified atom stereocenters. The molecule has 0 bridgehead atoms. The number of benzene rings is 3. The molecule has 0 spiro atoms. The predicted octanol–water partition coefficient (Wildman–Crippen LogP) is 5.47. The number of aromatic hydroxyl groups is 1. The molecule has 2 N–H and O–H groups in total. The van der Waals surface area contributed by atoms with Crippen LogP contribution in [0.1, 0.15) is 20.3 Å². The number of nitrogens with one attached hydrogen (secondary N) is 1. The Morgan fingerprint density at radius 2 is 1.95 bits per heavy atom. The Kier molecular flexibility index (Phi) is 7.56. The third-order valence-corrected chi connectivity index (χ3v) is 7.27. The van der Waals surface area contributed by atoms with Gasteiger partial charge in [0.1, 0.15) is 17.1 Å². The largest absolute Gasteiger partial charge is 0.508 e. The highest BCUT2D eigenvalue weighted by Gasteiger charge is 2.28. The molecule has 0 radical (unpaired) electrons. The van der Waals surface area contributed by atoms with Crippen LogP contribution in [0.15, 0.2) is 42.5 Å². The maximum Gasteiger partial charge on any atom is 0.319 e. The van der Waals surface area contributed by atoms with Gasteiger partial charge in [0.15, 0.2) is 5.82 Å². The van der Waals surface area contributed by atoms with Crippen LogP contribution in [0, 0.1) is 5.82 Å². The number of halogens is 2. The predicted molar refractivity (Wildman–Crippen MR) is 152 cm³/mol. The lowest BCUT2D eigenvalue weighted by Gasteiger charge is -2.39. The maximum atomic E-state index is 16.5. The molecular weight excluding hydrogens is 505 g/mol. The van der Waals surface area contributed by atoms with Crippen LogP contribution in [-0.2, 0) is 0 Å². The smallest absolute Gasteiger partial charge is 0.319 e. The van der Waals surface area contributed by atoms with Gasteiger partial charge < -0.3 is 25.0 Å². The van der Waals surface area contributed by atoms with Gasteiger partial charge >= 0.3 is 6.01 Å². The van der Waals surface area contributed by atoms with Crippen LogP contribution in [0.3, 0.4) is 0 Å². The lowest BCUT2D eigenvalue weighted by molar-refractivity contribution is 0.264. The molecule has 1 saturated heterocycles. The Morgan fingerprint density at radius 1 is 1.16 bits per heavy atom. The number of aromatic nitrogens is 2. The molecule has 0 saturated carbocycles. The number of hydrogen-bond donors (Lipinski definition) is 2. The Morgan fingerprint density at radius 3 is 2.74 bits per heavy atom. The zero-order chi connectivity index (χ0) is 27.0. The van der Waals surface area contributed by atoms with Crippen molar-refractivity contribution in [2.45, 2.75) is 32.4 Å². The molecule has 2 heterocycles. The van der Waals surface area contributed by atoms with Crippen molar-refractivity contribution in [1.82, 2.24) is 20.2 Å². The minimum Gasteiger partial charge on any atom is -0.508 e. The summed E-state index contributed by atoms with van der Waals surface area (Å²) in [6, 6.07) is 12.9. The summed E-state index contributed by atoms with van der Waals surface area (Å²) in [5.74, 6) is 0.0682. The Hall–Kier alpha value is -3.20. The molecule has 9 heteroatoms. The second kappa shape index (κ2) is 10.9. The number of phenols is 1. The van der Waals surface area contributed by atoms with Crippen LogP contribution in [0.4, 0.5) is 10.2 Å². The van der Waals surface area contributed by atoms with Crippen molar-refractivity contribution in [3.63, 3.8) is 0 Å². The van der Waals surface area contributed by atoms with Crippen LogP contribution in [-0.4, -0.2) is 72.4 Å². The van der Waals surface area contributed by atoms with Gasteiger partial charge in [-0.3, -0.25) is 0 Å². The first-order valence-corrected chi connectivity index (χ1v) is 13.3. The number of phenolic OH excluding ortho intramolecular Hbond substituents is 1. The lowest BCUT2D eigenvalue weighted by Crippen LogP contribution is -2.54. The van der Waals surface area contributed by atoms with E-state index >= 15 is 4.39 Å². The van der Waals surface area contributed by atoms with Crippen molar-refractivity contribution < 1.29 is 14.2 Å². The molecule has 3 aromatic carbocycles. The summed E-state index contributed by atoms with van der Waals surface area (Å²) in [6.07, 6.45) is 0.786. The number of hydrogen-bond acceptors (Lipinski definition) is 7. The summed E-state index contributed by atoms with van der Waals surface area (Å²) in [5.41, 5.74) is 0.835. The molecule has 7 nitrogen and oxygen atoms in total. The highest BCUT2D eigenvalue weighted by molar-refractivity contribution is 6.35. The summed E-state index contributed by atoms with van der Waals surface area (Å²) >= 11 is 6.80. The topological polar surface area (TPSA) is 73.8 Å². The molecule has 4 aromatic rings. The van der Waals surface area contributed by atoms with Crippen molar-refractivity contribution in [2.24, 2.45) is 0 Å². The van der Waals surface area contributed by atoms with Crippen LogP contribution >= 0.6 is 11.6 Å². The lowest BCUT2D eigenvalue weighted by atomic mass is 9.96. The summed E-state index contributed by atoms with van der Waals surface area (Å²) in [4.78, 5) is 13.5. The van der Waals surface area contributed by atoms with E-state index in [9.17, 15) is 5.11 Å². The molecule has 200 valence electrons. The van der Waals surface area contributed by atoms with Crippen LogP contribution in [0.25, 0.3) is 32.8 Å². The summed E-state index contributed by atoms with van der Waals surface area (Å²) in [7, 11) is 4.01. The van der Waals surface area contributed by atoms with Gasteiger partial charge in [-0.25, -0.2) is 4.39 Å². The third-order valence-electron chi connectivity index (χ3n) is 6.98. The first kappa shape index (κ1) is 26.4. The minimum absolute atomic E-state index is 0.0335. The van der Waals surface area contributed by atoms with Gasteiger partial charge in [0.2, 0.25) is 0 Å². The van der Waals surface area contributed by atoms with E-state index in [2.05, 4.69) is 33.9 Å². The van der Waals surface area contributed by atoms with Crippen molar-refractivity contribution in [3.05, 3.63) is 53.3 Å². The van der Waals surface area contributed by atoms with Crippen LogP contribution < -0.4 is 15.0 Å². The second-order valence-corrected chi connectivity index (χ2v) is 10.7. The minimum atomic E-state index is -0.569. The summed E-state index contributed by atoms with van der Waals surface area (Å²) in [6.45, 7) is 6.96. The third kappa shape index (κ3) is 5.21. The highest BCUT2D eigenvalue weighted by Crippen LogP contribution is 2.42. The maximum absolute atomic E-state index is 16.5. The van der Waals surface area contributed by atoms with E-state index in [1.165, 1.54) is 0 Å². The molecule has 1 aromatic heterocycles. The van der Waals surface area contributed by atoms with E-state index in [0.29, 0.717) is 29.9 Å². The molecular formula is C29H33ClFN5O2. The molecule has 2 atom stereocenters. The van der Waals surface area contributed by atoms with Gasteiger partial charge in [0, 0.05) is 42.7 Å². The average molecular weight is 538 g/mol. The van der Waals surface area contributed by atoms with Crippen molar-refractivity contribution in [2.75, 3.05) is 45.2 Å². The number of rotatable bonds is 7. The summed E-state index contributed by atoms with van der Waals surface area (Å²) in [5, 5.41) is 16.2. The van der Waals surface area contributed by atoms with Gasteiger partial charge in [-0.1, -0.05) is 35.9 Å².